The van der Waals surface area contributed by atoms with Crippen molar-refractivity contribution in [2.24, 2.45) is 0 Å². The Labute approximate surface area is 124 Å². The molecular weight excluding hydrogens is 324 g/mol. The van der Waals surface area contributed by atoms with Crippen LogP contribution in [-0.2, 0) is 4.79 Å². The van der Waals surface area contributed by atoms with E-state index in [0.29, 0.717) is 18.3 Å². The van der Waals surface area contributed by atoms with Gasteiger partial charge in [-0.15, -0.1) is 0 Å². The molecule has 3 rings (SSSR count). The molecule has 1 saturated heterocycles. The molecule has 0 aliphatic carbocycles. The van der Waals surface area contributed by atoms with E-state index in [1.807, 2.05) is 25.1 Å². The maximum Gasteiger partial charge on any atom is 0.245 e. The van der Waals surface area contributed by atoms with Crippen molar-refractivity contribution >= 4 is 21.8 Å². The fraction of sp³-hybridized carbons (Fsp3) is 0.308. The van der Waals surface area contributed by atoms with Crippen LogP contribution in [0.5, 0.6) is 0 Å². The molecule has 2 heterocycles. The Bertz CT molecular complexity index is 646. The van der Waals surface area contributed by atoms with Crippen LogP contribution >= 0.6 is 15.9 Å². The molecule has 0 bridgehead atoms. The molecule has 1 aliphatic rings. The largest absolute Gasteiger partial charge is 0.353 e. The zero-order chi connectivity index (χ0) is 14.1. The molecule has 1 unspecified atom stereocenters. The van der Waals surface area contributed by atoms with Gasteiger partial charge in [0.2, 0.25) is 17.6 Å². The molecule has 7 heteroatoms. The standard InChI is InChI=1S/C13H13BrN4O2/c1-7-2-3-8(9(14)4-7)12-17-13(20-18-12)10-5-16-11(19)6-15-10/h2-4,10,15H,5-6H2,1H3,(H,16,19). The number of hydrogen-bond donors (Lipinski definition) is 2. The van der Waals surface area contributed by atoms with Gasteiger partial charge in [-0.1, -0.05) is 27.2 Å². The molecule has 0 spiro atoms. The third-order valence-corrected chi connectivity index (χ3v) is 3.77. The van der Waals surface area contributed by atoms with E-state index in [4.69, 9.17) is 4.52 Å². The summed E-state index contributed by atoms with van der Waals surface area (Å²) in [6.07, 6.45) is 0. The summed E-state index contributed by atoms with van der Waals surface area (Å²) in [6, 6.07) is 5.81. The van der Waals surface area contributed by atoms with Crippen molar-refractivity contribution in [3.05, 3.63) is 34.1 Å². The Kier molecular flexibility index (Phi) is 3.54. The normalized spacial score (nSPS) is 18.9. The summed E-state index contributed by atoms with van der Waals surface area (Å²) in [7, 11) is 0. The number of carbonyl (C=O) groups excluding carboxylic acids is 1. The lowest BCUT2D eigenvalue weighted by Gasteiger charge is -2.20. The Balaban J connectivity index is 1.84. The van der Waals surface area contributed by atoms with Gasteiger partial charge in [-0.05, 0) is 24.6 Å². The highest BCUT2D eigenvalue weighted by Crippen LogP contribution is 2.27. The number of rotatable bonds is 2. The van der Waals surface area contributed by atoms with Crippen molar-refractivity contribution in [3.8, 4) is 11.4 Å². The molecule has 2 N–H and O–H groups in total. The van der Waals surface area contributed by atoms with Crippen molar-refractivity contribution in [2.45, 2.75) is 13.0 Å². The summed E-state index contributed by atoms with van der Waals surface area (Å²) >= 11 is 3.50. The third kappa shape index (κ3) is 2.59. The first-order valence-corrected chi connectivity index (χ1v) is 7.03. The fourth-order valence-electron chi connectivity index (χ4n) is 2.03. The SMILES string of the molecule is Cc1ccc(-c2noc(C3CNC(=O)CN3)n2)c(Br)c1. The summed E-state index contributed by atoms with van der Waals surface area (Å²) in [6.45, 7) is 2.73. The molecule has 6 nitrogen and oxygen atoms in total. The van der Waals surface area contributed by atoms with Crippen LogP contribution in [-0.4, -0.2) is 29.1 Å². The second-order valence-electron chi connectivity index (χ2n) is 4.68. The first-order chi connectivity index (χ1) is 9.63. The fourth-order valence-corrected chi connectivity index (χ4v) is 2.70. The van der Waals surface area contributed by atoms with Gasteiger partial charge in [0.1, 0.15) is 6.04 Å². The van der Waals surface area contributed by atoms with Crippen molar-refractivity contribution < 1.29 is 9.32 Å². The van der Waals surface area contributed by atoms with Crippen molar-refractivity contribution in [1.29, 1.82) is 0 Å². The van der Waals surface area contributed by atoms with Gasteiger partial charge in [0.25, 0.3) is 0 Å². The minimum Gasteiger partial charge on any atom is -0.353 e. The molecular formula is C13H13BrN4O2. The lowest BCUT2D eigenvalue weighted by atomic mass is 10.1. The molecule has 0 radical (unpaired) electrons. The minimum absolute atomic E-state index is 0.0257. The molecule has 1 aromatic carbocycles. The number of piperazine rings is 1. The second-order valence-corrected chi connectivity index (χ2v) is 5.53. The van der Waals surface area contributed by atoms with Gasteiger partial charge >= 0.3 is 0 Å². The van der Waals surface area contributed by atoms with Gasteiger partial charge < -0.3 is 9.84 Å². The number of amides is 1. The van der Waals surface area contributed by atoms with E-state index < -0.39 is 0 Å². The summed E-state index contributed by atoms with van der Waals surface area (Å²) in [5.41, 5.74) is 2.03. The first kappa shape index (κ1) is 13.3. The highest BCUT2D eigenvalue weighted by Gasteiger charge is 2.24. The molecule has 2 aromatic rings. The molecule has 104 valence electrons. The topological polar surface area (TPSA) is 80.0 Å². The number of carbonyl (C=O) groups is 1. The maximum absolute atomic E-state index is 11.1. The number of aromatic nitrogens is 2. The molecule has 1 aliphatic heterocycles. The van der Waals surface area contributed by atoms with Gasteiger partial charge in [-0.3, -0.25) is 10.1 Å². The van der Waals surface area contributed by atoms with Gasteiger partial charge in [-0.2, -0.15) is 4.98 Å². The van der Waals surface area contributed by atoms with Gasteiger partial charge in [0.15, 0.2) is 0 Å². The molecule has 0 saturated carbocycles. The quantitative estimate of drug-likeness (QED) is 0.870. The van der Waals surface area contributed by atoms with E-state index in [1.54, 1.807) is 0 Å². The molecule has 1 aromatic heterocycles. The van der Waals surface area contributed by atoms with Gasteiger partial charge in [-0.25, -0.2) is 0 Å². The smallest absolute Gasteiger partial charge is 0.245 e. The summed E-state index contributed by atoms with van der Waals surface area (Å²) in [5.74, 6) is 0.986. The van der Waals surface area contributed by atoms with Crippen LogP contribution < -0.4 is 10.6 Å². The van der Waals surface area contributed by atoms with E-state index in [0.717, 1.165) is 15.6 Å². The summed E-state index contributed by atoms with van der Waals surface area (Å²) in [5, 5.41) is 9.82. The lowest BCUT2D eigenvalue weighted by molar-refractivity contribution is -0.121. The predicted molar refractivity (Wildman–Crippen MR) is 75.9 cm³/mol. The predicted octanol–water partition coefficient (Wildman–Crippen LogP) is 1.57. The van der Waals surface area contributed by atoms with Crippen LogP contribution in [0.3, 0.4) is 0 Å². The van der Waals surface area contributed by atoms with E-state index in [1.165, 1.54) is 0 Å². The van der Waals surface area contributed by atoms with E-state index >= 15 is 0 Å². The van der Waals surface area contributed by atoms with Crippen LogP contribution in [0.25, 0.3) is 11.4 Å². The first-order valence-electron chi connectivity index (χ1n) is 6.23. The van der Waals surface area contributed by atoms with Crippen LogP contribution in [0.1, 0.15) is 17.5 Å². The summed E-state index contributed by atoms with van der Waals surface area (Å²) in [4.78, 5) is 15.5. The molecule has 1 fully saturated rings. The van der Waals surface area contributed by atoms with Crippen LogP contribution in [0.15, 0.2) is 27.2 Å². The Morgan fingerprint density at radius 3 is 3.00 bits per heavy atom. The number of nitrogens with zero attached hydrogens (tertiary/aromatic N) is 2. The van der Waals surface area contributed by atoms with Gasteiger partial charge in [0.05, 0.1) is 6.54 Å². The third-order valence-electron chi connectivity index (χ3n) is 3.12. The van der Waals surface area contributed by atoms with Crippen molar-refractivity contribution in [2.75, 3.05) is 13.1 Å². The van der Waals surface area contributed by atoms with E-state index in [2.05, 4.69) is 36.7 Å². The number of benzene rings is 1. The molecule has 20 heavy (non-hydrogen) atoms. The van der Waals surface area contributed by atoms with E-state index in [9.17, 15) is 4.79 Å². The Morgan fingerprint density at radius 1 is 1.45 bits per heavy atom. The Morgan fingerprint density at radius 2 is 2.30 bits per heavy atom. The molecule has 1 amide bonds. The molecule has 1 atom stereocenters. The number of halogens is 1. The average molecular weight is 337 g/mol. The highest BCUT2D eigenvalue weighted by molar-refractivity contribution is 9.10. The minimum atomic E-state index is -0.141. The van der Waals surface area contributed by atoms with Crippen molar-refractivity contribution in [3.63, 3.8) is 0 Å². The zero-order valence-corrected chi connectivity index (χ0v) is 12.4. The average Bonchev–Trinajstić information content (AvgIpc) is 2.89. The van der Waals surface area contributed by atoms with Gasteiger partial charge in [0, 0.05) is 16.6 Å². The van der Waals surface area contributed by atoms with Crippen LogP contribution in [0, 0.1) is 6.92 Å². The highest BCUT2D eigenvalue weighted by atomic mass is 79.9. The monoisotopic (exact) mass is 336 g/mol. The number of aryl methyl sites for hydroxylation is 1. The lowest BCUT2D eigenvalue weighted by Crippen LogP contribution is -2.47. The van der Waals surface area contributed by atoms with Crippen LogP contribution in [0.4, 0.5) is 0 Å². The number of nitrogens with one attached hydrogen (secondary N) is 2. The summed E-state index contributed by atoms with van der Waals surface area (Å²) < 4.78 is 6.21. The second kappa shape index (κ2) is 5.34. The van der Waals surface area contributed by atoms with Crippen LogP contribution in [0.2, 0.25) is 0 Å². The van der Waals surface area contributed by atoms with E-state index in [-0.39, 0.29) is 18.5 Å². The van der Waals surface area contributed by atoms with Crippen molar-refractivity contribution in [1.82, 2.24) is 20.8 Å². The number of hydrogen-bond acceptors (Lipinski definition) is 5. The maximum atomic E-state index is 11.1. The Hall–Kier alpha value is -1.73. The zero-order valence-electron chi connectivity index (χ0n) is 10.8.